The summed E-state index contributed by atoms with van der Waals surface area (Å²) in [6.07, 6.45) is 1.38. The normalized spacial score (nSPS) is 21.5. The second-order valence-corrected chi connectivity index (χ2v) is 11.2. The van der Waals surface area contributed by atoms with Crippen molar-refractivity contribution in [2.45, 2.75) is 24.0 Å². The lowest BCUT2D eigenvalue weighted by Crippen LogP contribution is -2.44. The molecule has 158 valence electrons. The van der Waals surface area contributed by atoms with Crippen molar-refractivity contribution in [1.82, 2.24) is 14.5 Å². The van der Waals surface area contributed by atoms with Gasteiger partial charge in [0.2, 0.25) is 5.91 Å². The standard InChI is InChI=1S/C18H28ClN3O4S2/c1-14(18(23)20-6-9-21-10-12-26-13-11-21)15-4-7-22(8-5-15)28(24,25)17-3-2-16(19)27-17/h2-3,14-15H,4-13H2,1H3,(H,20,23)/t14-/m1/s1. The maximum absolute atomic E-state index is 12.7. The number of halogens is 1. The fraction of sp³-hybridized carbons (Fsp3) is 0.722. The first-order chi connectivity index (χ1) is 13.4. The molecule has 0 aliphatic carbocycles. The van der Waals surface area contributed by atoms with E-state index in [0.717, 1.165) is 44.2 Å². The minimum absolute atomic E-state index is 0.0552. The van der Waals surface area contributed by atoms with E-state index < -0.39 is 10.0 Å². The zero-order valence-corrected chi connectivity index (χ0v) is 18.5. The number of amides is 1. The van der Waals surface area contributed by atoms with Gasteiger partial charge < -0.3 is 10.1 Å². The number of piperidine rings is 1. The molecule has 1 aromatic rings. The van der Waals surface area contributed by atoms with Gasteiger partial charge in [0.1, 0.15) is 4.21 Å². The molecule has 2 aliphatic rings. The molecule has 2 fully saturated rings. The number of sulfonamides is 1. The van der Waals surface area contributed by atoms with Crippen molar-refractivity contribution in [3.8, 4) is 0 Å². The van der Waals surface area contributed by atoms with Gasteiger partial charge in [-0.15, -0.1) is 11.3 Å². The molecule has 0 saturated carbocycles. The summed E-state index contributed by atoms with van der Waals surface area (Å²) >= 11 is 6.96. The Morgan fingerprint density at radius 1 is 1.29 bits per heavy atom. The molecule has 10 heteroatoms. The molecular formula is C18H28ClN3O4S2. The van der Waals surface area contributed by atoms with Crippen LogP contribution >= 0.6 is 22.9 Å². The molecular weight excluding hydrogens is 422 g/mol. The van der Waals surface area contributed by atoms with Crippen LogP contribution in [-0.2, 0) is 19.6 Å². The summed E-state index contributed by atoms with van der Waals surface area (Å²) < 4.78 is 33.0. The fourth-order valence-corrected chi connectivity index (χ4v) is 6.82. The van der Waals surface area contributed by atoms with Gasteiger partial charge in [-0.1, -0.05) is 18.5 Å². The monoisotopic (exact) mass is 449 g/mol. The molecule has 28 heavy (non-hydrogen) atoms. The van der Waals surface area contributed by atoms with E-state index >= 15 is 0 Å². The molecule has 1 atom stereocenters. The lowest BCUT2D eigenvalue weighted by atomic mass is 9.85. The van der Waals surface area contributed by atoms with Crippen LogP contribution in [0.4, 0.5) is 0 Å². The van der Waals surface area contributed by atoms with Crippen LogP contribution in [-0.4, -0.2) is 76.0 Å². The first kappa shape index (κ1) is 22.0. The number of carbonyl (C=O) groups is 1. The summed E-state index contributed by atoms with van der Waals surface area (Å²) in [5.74, 6) is 0.132. The lowest BCUT2D eigenvalue weighted by Gasteiger charge is -2.33. The summed E-state index contributed by atoms with van der Waals surface area (Å²) in [6.45, 7) is 7.62. The van der Waals surface area contributed by atoms with Gasteiger partial charge in [-0.25, -0.2) is 8.42 Å². The highest BCUT2D eigenvalue weighted by molar-refractivity contribution is 7.91. The van der Waals surface area contributed by atoms with E-state index in [9.17, 15) is 13.2 Å². The highest BCUT2D eigenvalue weighted by Gasteiger charge is 2.34. The number of ether oxygens (including phenoxy) is 1. The van der Waals surface area contributed by atoms with E-state index in [0.29, 0.717) is 36.8 Å². The predicted molar refractivity (Wildman–Crippen MR) is 110 cm³/mol. The predicted octanol–water partition coefficient (Wildman–Crippen LogP) is 1.89. The van der Waals surface area contributed by atoms with Crippen LogP contribution in [0.2, 0.25) is 4.34 Å². The molecule has 2 aliphatic heterocycles. The third kappa shape index (κ3) is 5.46. The average molecular weight is 450 g/mol. The van der Waals surface area contributed by atoms with Gasteiger partial charge in [0.15, 0.2) is 0 Å². The molecule has 7 nitrogen and oxygen atoms in total. The number of hydrogen-bond acceptors (Lipinski definition) is 6. The van der Waals surface area contributed by atoms with Crippen molar-refractivity contribution in [3.05, 3.63) is 16.5 Å². The van der Waals surface area contributed by atoms with Gasteiger partial charge in [-0.3, -0.25) is 9.69 Å². The number of morpholine rings is 1. The van der Waals surface area contributed by atoms with Crippen LogP contribution in [0.5, 0.6) is 0 Å². The van der Waals surface area contributed by atoms with Crippen molar-refractivity contribution < 1.29 is 17.9 Å². The number of nitrogens with one attached hydrogen (secondary N) is 1. The number of carbonyl (C=O) groups excluding carboxylic acids is 1. The third-order valence-corrected chi connectivity index (χ3v) is 9.19. The Labute approximate surface area is 176 Å². The number of rotatable bonds is 7. The Balaban J connectivity index is 1.44. The summed E-state index contributed by atoms with van der Waals surface area (Å²) in [5, 5.41) is 3.03. The van der Waals surface area contributed by atoms with Gasteiger partial charge in [0, 0.05) is 45.2 Å². The lowest BCUT2D eigenvalue weighted by molar-refractivity contribution is -0.126. The Hall–Kier alpha value is -0.710. The van der Waals surface area contributed by atoms with Crippen molar-refractivity contribution in [2.24, 2.45) is 11.8 Å². The zero-order chi connectivity index (χ0) is 20.1. The minimum Gasteiger partial charge on any atom is -0.379 e. The summed E-state index contributed by atoms with van der Waals surface area (Å²) in [6, 6.07) is 3.16. The molecule has 1 N–H and O–H groups in total. The second-order valence-electron chi connectivity index (χ2n) is 7.33. The smallest absolute Gasteiger partial charge is 0.252 e. The highest BCUT2D eigenvalue weighted by Crippen LogP contribution is 2.32. The van der Waals surface area contributed by atoms with Crippen LogP contribution in [0.15, 0.2) is 16.3 Å². The molecule has 2 saturated heterocycles. The van der Waals surface area contributed by atoms with Crippen LogP contribution in [0.1, 0.15) is 19.8 Å². The molecule has 0 spiro atoms. The minimum atomic E-state index is -3.49. The first-order valence-electron chi connectivity index (χ1n) is 9.71. The first-order valence-corrected chi connectivity index (χ1v) is 12.3. The fourth-order valence-electron chi connectivity index (χ4n) is 3.72. The van der Waals surface area contributed by atoms with Crippen LogP contribution in [0, 0.1) is 11.8 Å². The van der Waals surface area contributed by atoms with Crippen molar-refractivity contribution in [3.63, 3.8) is 0 Å². The Morgan fingerprint density at radius 2 is 1.96 bits per heavy atom. The van der Waals surface area contributed by atoms with E-state index in [1.54, 1.807) is 12.1 Å². The second kappa shape index (κ2) is 9.86. The molecule has 0 radical (unpaired) electrons. The van der Waals surface area contributed by atoms with Gasteiger partial charge in [-0.2, -0.15) is 4.31 Å². The zero-order valence-electron chi connectivity index (χ0n) is 16.1. The highest BCUT2D eigenvalue weighted by atomic mass is 35.5. The van der Waals surface area contributed by atoms with E-state index in [1.165, 1.54) is 4.31 Å². The molecule has 0 bridgehead atoms. The van der Waals surface area contributed by atoms with Crippen molar-refractivity contribution >= 4 is 38.9 Å². The molecule has 0 unspecified atom stereocenters. The van der Waals surface area contributed by atoms with Gasteiger partial charge >= 0.3 is 0 Å². The van der Waals surface area contributed by atoms with E-state index in [2.05, 4.69) is 10.2 Å². The topological polar surface area (TPSA) is 79.0 Å². The number of nitrogens with zero attached hydrogens (tertiary/aromatic N) is 2. The van der Waals surface area contributed by atoms with Crippen LogP contribution < -0.4 is 5.32 Å². The Bertz CT molecular complexity index is 757. The summed E-state index contributed by atoms with van der Waals surface area (Å²) in [4.78, 5) is 14.8. The van der Waals surface area contributed by atoms with Gasteiger partial charge in [-0.05, 0) is 30.9 Å². The Morgan fingerprint density at radius 3 is 2.57 bits per heavy atom. The Kier molecular flexibility index (Phi) is 7.74. The van der Waals surface area contributed by atoms with Crippen molar-refractivity contribution in [2.75, 3.05) is 52.5 Å². The molecule has 3 rings (SSSR count). The maximum Gasteiger partial charge on any atom is 0.252 e. The van der Waals surface area contributed by atoms with E-state index in [-0.39, 0.29) is 22.0 Å². The maximum atomic E-state index is 12.7. The quantitative estimate of drug-likeness (QED) is 0.687. The average Bonchev–Trinajstić information content (AvgIpc) is 3.15. The van der Waals surface area contributed by atoms with Crippen molar-refractivity contribution in [1.29, 1.82) is 0 Å². The molecule has 0 aromatic carbocycles. The van der Waals surface area contributed by atoms with E-state index in [1.807, 2.05) is 6.92 Å². The third-order valence-electron chi connectivity index (χ3n) is 5.59. The molecule has 3 heterocycles. The van der Waals surface area contributed by atoms with Crippen LogP contribution in [0.3, 0.4) is 0 Å². The van der Waals surface area contributed by atoms with Crippen LogP contribution in [0.25, 0.3) is 0 Å². The number of thiophene rings is 1. The summed E-state index contributed by atoms with van der Waals surface area (Å²) in [5.41, 5.74) is 0. The molecule has 1 amide bonds. The SMILES string of the molecule is C[C@@H](C(=O)NCCN1CCOCC1)C1CCN(S(=O)(=O)c2ccc(Cl)s2)CC1. The van der Waals surface area contributed by atoms with Gasteiger partial charge in [0.05, 0.1) is 17.6 Å². The molecule has 1 aromatic heterocycles. The summed E-state index contributed by atoms with van der Waals surface area (Å²) in [7, 11) is -3.49. The number of hydrogen-bond donors (Lipinski definition) is 1. The van der Waals surface area contributed by atoms with Gasteiger partial charge in [0.25, 0.3) is 10.0 Å². The van der Waals surface area contributed by atoms with E-state index in [4.69, 9.17) is 16.3 Å². The largest absolute Gasteiger partial charge is 0.379 e.